The molecule has 0 saturated heterocycles. The predicted octanol–water partition coefficient (Wildman–Crippen LogP) is 1.31. The molecule has 0 aliphatic rings. The number of nitrogen functional groups attached to an aromatic ring is 1. The summed E-state index contributed by atoms with van der Waals surface area (Å²) in [5.74, 6) is 0.510. The van der Waals surface area contributed by atoms with Crippen LogP contribution in [0.3, 0.4) is 0 Å². The zero-order valence-electron chi connectivity index (χ0n) is 10.1. The van der Waals surface area contributed by atoms with Gasteiger partial charge in [0.1, 0.15) is 5.01 Å². The number of anilines is 2. The van der Waals surface area contributed by atoms with Crippen LogP contribution in [0.5, 0.6) is 6.01 Å². The van der Waals surface area contributed by atoms with Gasteiger partial charge in [0.25, 0.3) is 0 Å². The molecule has 0 spiro atoms. The standard InChI is InChI=1S/C10H14N6OS/c1-6(2)17-10-15-8(11)14-9(16-10)13-5-7-12-3-4-18-7/h3-4,6H,5H2,1-2H3,(H3,11,13,14,15,16). The number of nitrogens with two attached hydrogens (primary N) is 1. The quantitative estimate of drug-likeness (QED) is 0.841. The van der Waals surface area contributed by atoms with Gasteiger partial charge >= 0.3 is 6.01 Å². The summed E-state index contributed by atoms with van der Waals surface area (Å²) in [4.78, 5) is 16.1. The summed E-state index contributed by atoms with van der Waals surface area (Å²) in [6.07, 6.45) is 1.73. The maximum absolute atomic E-state index is 5.59. The van der Waals surface area contributed by atoms with Crippen LogP contribution in [0.4, 0.5) is 11.9 Å². The van der Waals surface area contributed by atoms with E-state index in [0.717, 1.165) is 5.01 Å². The molecule has 0 saturated carbocycles. The first kappa shape index (κ1) is 12.5. The van der Waals surface area contributed by atoms with Gasteiger partial charge in [0.15, 0.2) is 0 Å². The van der Waals surface area contributed by atoms with Crippen molar-refractivity contribution in [2.24, 2.45) is 0 Å². The van der Waals surface area contributed by atoms with Gasteiger partial charge < -0.3 is 15.8 Å². The van der Waals surface area contributed by atoms with Crippen LogP contribution >= 0.6 is 11.3 Å². The summed E-state index contributed by atoms with van der Waals surface area (Å²) >= 11 is 1.55. The normalized spacial score (nSPS) is 10.6. The molecule has 0 unspecified atom stereocenters. The van der Waals surface area contributed by atoms with E-state index in [9.17, 15) is 0 Å². The first-order valence-corrected chi connectivity index (χ1v) is 6.32. The molecule has 0 atom stereocenters. The number of hydrogen-bond donors (Lipinski definition) is 2. The van der Waals surface area contributed by atoms with Gasteiger partial charge in [-0.1, -0.05) is 0 Å². The highest BCUT2D eigenvalue weighted by Gasteiger charge is 2.07. The number of nitrogens with zero attached hydrogens (tertiary/aromatic N) is 4. The van der Waals surface area contributed by atoms with E-state index in [1.165, 1.54) is 0 Å². The van der Waals surface area contributed by atoms with Crippen molar-refractivity contribution in [2.75, 3.05) is 11.1 Å². The first-order valence-electron chi connectivity index (χ1n) is 5.44. The van der Waals surface area contributed by atoms with Crippen LogP contribution in [0.2, 0.25) is 0 Å². The fourth-order valence-electron chi connectivity index (χ4n) is 1.21. The van der Waals surface area contributed by atoms with Gasteiger partial charge in [0.05, 0.1) is 12.6 Å². The van der Waals surface area contributed by atoms with E-state index in [0.29, 0.717) is 12.5 Å². The highest BCUT2D eigenvalue weighted by molar-refractivity contribution is 7.09. The molecule has 0 amide bonds. The molecule has 2 rings (SSSR count). The minimum Gasteiger partial charge on any atom is -0.461 e. The van der Waals surface area contributed by atoms with Crippen molar-refractivity contribution in [1.29, 1.82) is 0 Å². The molecule has 2 aromatic heterocycles. The second-order valence-corrected chi connectivity index (χ2v) is 4.72. The minimum absolute atomic E-state index is 0.0152. The van der Waals surface area contributed by atoms with Gasteiger partial charge in [-0.3, -0.25) is 0 Å². The van der Waals surface area contributed by atoms with Crippen LogP contribution in [-0.4, -0.2) is 26.0 Å². The highest BCUT2D eigenvalue weighted by Crippen LogP contribution is 2.12. The summed E-state index contributed by atoms with van der Waals surface area (Å²) in [5.41, 5.74) is 5.59. The van der Waals surface area contributed by atoms with Crippen molar-refractivity contribution in [2.45, 2.75) is 26.5 Å². The number of nitrogens with one attached hydrogen (secondary N) is 1. The summed E-state index contributed by atoms with van der Waals surface area (Å²) in [7, 11) is 0. The van der Waals surface area contributed by atoms with Crippen LogP contribution in [-0.2, 0) is 6.54 Å². The lowest BCUT2D eigenvalue weighted by Gasteiger charge is -2.09. The third kappa shape index (κ3) is 3.52. The van der Waals surface area contributed by atoms with E-state index in [4.69, 9.17) is 10.5 Å². The van der Waals surface area contributed by atoms with E-state index in [1.807, 2.05) is 19.2 Å². The second kappa shape index (κ2) is 5.58. The molecule has 2 heterocycles. The number of aromatic nitrogens is 4. The van der Waals surface area contributed by atoms with Crippen molar-refractivity contribution >= 4 is 23.2 Å². The van der Waals surface area contributed by atoms with Crippen molar-refractivity contribution in [3.63, 3.8) is 0 Å². The Morgan fingerprint density at radius 2 is 2.22 bits per heavy atom. The maximum Gasteiger partial charge on any atom is 0.323 e. The lowest BCUT2D eigenvalue weighted by Crippen LogP contribution is -2.12. The molecule has 0 radical (unpaired) electrons. The Balaban J connectivity index is 2.05. The topological polar surface area (TPSA) is 98.8 Å². The van der Waals surface area contributed by atoms with Crippen molar-refractivity contribution in [3.8, 4) is 6.01 Å². The second-order valence-electron chi connectivity index (χ2n) is 3.75. The average molecular weight is 266 g/mol. The van der Waals surface area contributed by atoms with Gasteiger partial charge in [-0.15, -0.1) is 11.3 Å². The van der Waals surface area contributed by atoms with Crippen LogP contribution in [0.1, 0.15) is 18.9 Å². The largest absolute Gasteiger partial charge is 0.461 e. The van der Waals surface area contributed by atoms with Crippen molar-refractivity contribution in [3.05, 3.63) is 16.6 Å². The van der Waals surface area contributed by atoms with Crippen LogP contribution in [0.15, 0.2) is 11.6 Å². The summed E-state index contributed by atoms with van der Waals surface area (Å²) < 4.78 is 5.38. The molecule has 0 aromatic carbocycles. The molecule has 18 heavy (non-hydrogen) atoms. The Hall–Kier alpha value is -1.96. The average Bonchev–Trinajstić information content (AvgIpc) is 2.77. The van der Waals surface area contributed by atoms with E-state index in [1.54, 1.807) is 17.5 Å². The Kier molecular flexibility index (Phi) is 3.88. The lowest BCUT2D eigenvalue weighted by atomic mass is 10.5. The first-order chi connectivity index (χ1) is 8.63. The van der Waals surface area contributed by atoms with Crippen LogP contribution in [0.25, 0.3) is 0 Å². The van der Waals surface area contributed by atoms with Gasteiger partial charge in [0, 0.05) is 11.6 Å². The molecule has 3 N–H and O–H groups in total. The van der Waals surface area contributed by atoms with E-state index >= 15 is 0 Å². The van der Waals surface area contributed by atoms with E-state index in [-0.39, 0.29) is 18.1 Å². The molecule has 2 aromatic rings. The molecule has 0 aliphatic carbocycles. The van der Waals surface area contributed by atoms with Gasteiger partial charge in [0.2, 0.25) is 11.9 Å². The predicted molar refractivity (Wildman–Crippen MR) is 69.4 cm³/mol. The molecule has 0 fully saturated rings. The summed E-state index contributed by atoms with van der Waals surface area (Å²) in [6.45, 7) is 4.33. The third-order valence-electron chi connectivity index (χ3n) is 1.85. The molecule has 7 nitrogen and oxygen atoms in total. The molecule has 8 heteroatoms. The third-order valence-corrected chi connectivity index (χ3v) is 2.63. The fourth-order valence-corrected chi connectivity index (χ4v) is 1.77. The lowest BCUT2D eigenvalue weighted by molar-refractivity contribution is 0.222. The molecule has 0 bridgehead atoms. The highest BCUT2D eigenvalue weighted by atomic mass is 32.1. The number of thiazole rings is 1. The van der Waals surface area contributed by atoms with Gasteiger partial charge in [-0.2, -0.15) is 15.0 Å². The Bertz CT molecular complexity index is 501. The summed E-state index contributed by atoms with van der Waals surface area (Å²) in [6, 6.07) is 0.221. The van der Waals surface area contributed by atoms with E-state index < -0.39 is 0 Å². The zero-order valence-corrected chi connectivity index (χ0v) is 10.9. The Morgan fingerprint density at radius 1 is 1.39 bits per heavy atom. The van der Waals surface area contributed by atoms with Crippen molar-refractivity contribution in [1.82, 2.24) is 19.9 Å². The van der Waals surface area contributed by atoms with E-state index in [2.05, 4.69) is 25.3 Å². The Labute approximate surface area is 108 Å². The number of ether oxygens (including phenoxy) is 1. The minimum atomic E-state index is -0.0152. The zero-order chi connectivity index (χ0) is 13.0. The molecular formula is C10H14N6OS. The van der Waals surface area contributed by atoms with Gasteiger partial charge in [-0.05, 0) is 13.8 Å². The smallest absolute Gasteiger partial charge is 0.323 e. The monoisotopic (exact) mass is 266 g/mol. The van der Waals surface area contributed by atoms with Crippen molar-refractivity contribution < 1.29 is 4.74 Å². The molecule has 0 aliphatic heterocycles. The maximum atomic E-state index is 5.59. The van der Waals surface area contributed by atoms with Crippen LogP contribution < -0.4 is 15.8 Å². The molecule has 96 valence electrons. The molecular weight excluding hydrogens is 252 g/mol. The van der Waals surface area contributed by atoms with Gasteiger partial charge in [-0.25, -0.2) is 4.98 Å². The Morgan fingerprint density at radius 3 is 2.89 bits per heavy atom. The number of rotatable bonds is 5. The van der Waals surface area contributed by atoms with Crippen LogP contribution in [0, 0.1) is 0 Å². The summed E-state index contributed by atoms with van der Waals surface area (Å²) in [5, 5.41) is 5.88. The number of hydrogen-bond acceptors (Lipinski definition) is 8. The fraction of sp³-hybridized carbons (Fsp3) is 0.400. The SMILES string of the molecule is CC(C)Oc1nc(N)nc(NCc2nccs2)n1.